The lowest BCUT2D eigenvalue weighted by Gasteiger charge is -1.98. The summed E-state index contributed by atoms with van der Waals surface area (Å²) in [6, 6.07) is 4.32. The zero-order chi connectivity index (χ0) is 10.1. The van der Waals surface area contributed by atoms with E-state index < -0.39 is 12.2 Å². The number of H-pyrrole nitrogens is 1. The Morgan fingerprint density at radius 3 is 2.93 bits per heavy atom. The number of Topliss-reactive ketones (excluding diaryl/α,β-unsaturated/α-hetero) is 1. The minimum atomic E-state index is -2.96. The van der Waals surface area contributed by atoms with E-state index in [1.165, 1.54) is 12.1 Å². The summed E-state index contributed by atoms with van der Waals surface area (Å²) >= 11 is 0. The van der Waals surface area contributed by atoms with Crippen LogP contribution in [0.15, 0.2) is 24.4 Å². The van der Waals surface area contributed by atoms with Crippen molar-refractivity contribution in [3.05, 3.63) is 30.0 Å². The van der Waals surface area contributed by atoms with Crippen LogP contribution in [0.3, 0.4) is 0 Å². The lowest BCUT2D eigenvalue weighted by molar-refractivity contribution is 0.0679. The predicted octanol–water partition coefficient (Wildman–Crippen LogP) is 2.01. The van der Waals surface area contributed by atoms with Crippen molar-refractivity contribution in [1.29, 1.82) is 0 Å². The van der Waals surface area contributed by atoms with Crippen molar-refractivity contribution in [3.8, 4) is 0 Å². The van der Waals surface area contributed by atoms with Crippen LogP contribution in [0.4, 0.5) is 8.78 Å². The van der Waals surface area contributed by atoms with E-state index in [4.69, 9.17) is 0 Å². The molecule has 0 aliphatic rings. The van der Waals surface area contributed by atoms with Gasteiger partial charge in [0.1, 0.15) is 0 Å². The third-order valence-corrected chi connectivity index (χ3v) is 1.92. The molecule has 0 atom stereocenters. The molecule has 0 unspecified atom stereocenters. The van der Waals surface area contributed by atoms with E-state index in [1.807, 2.05) is 0 Å². The van der Waals surface area contributed by atoms with Gasteiger partial charge in [-0.25, -0.2) is 8.78 Å². The molecule has 1 aromatic heterocycles. The maximum Gasteiger partial charge on any atom is 0.300 e. The fraction of sp³-hybridized carbons (Fsp3) is 0.111. The van der Waals surface area contributed by atoms with Crippen molar-refractivity contribution >= 4 is 16.7 Å². The smallest absolute Gasteiger partial charge is 0.288 e. The summed E-state index contributed by atoms with van der Waals surface area (Å²) in [5.41, 5.74) is 0.577. The van der Waals surface area contributed by atoms with Crippen LogP contribution in [0, 0.1) is 0 Å². The van der Waals surface area contributed by atoms with Gasteiger partial charge in [-0.15, -0.1) is 0 Å². The minimum absolute atomic E-state index is 0.00301. The number of nitrogens with one attached hydrogen (secondary N) is 1. The summed E-state index contributed by atoms with van der Waals surface area (Å²) in [5, 5.41) is 7.12. The number of carbonyl (C=O) groups excluding carboxylic acids is 1. The molecule has 1 aromatic carbocycles. The number of fused-ring (bicyclic) bond motifs is 1. The van der Waals surface area contributed by atoms with Gasteiger partial charge in [0.25, 0.3) is 0 Å². The third-order valence-electron chi connectivity index (χ3n) is 1.92. The third kappa shape index (κ3) is 1.37. The van der Waals surface area contributed by atoms with Crippen molar-refractivity contribution in [2.45, 2.75) is 6.43 Å². The monoisotopic (exact) mass is 196 g/mol. The first-order valence-electron chi connectivity index (χ1n) is 3.94. The number of aromatic amines is 1. The maximum atomic E-state index is 12.1. The number of aromatic nitrogens is 2. The van der Waals surface area contributed by atoms with Gasteiger partial charge in [-0.1, -0.05) is 12.1 Å². The average Bonchev–Trinajstić information content (AvgIpc) is 2.62. The first kappa shape index (κ1) is 8.80. The fourth-order valence-electron chi connectivity index (χ4n) is 1.22. The van der Waals surface area contributed by atoms with Gasteiger partial charge in [-0.2, -0.15) is 5.10 Å². The molecular formula is C9H6F2N2O. The van der Waals surface area contributed by atoms with E-state index in [0.29, 0.717) is 5.52 Å². The SMILES string of the molecule is O=C(c1ccc2cn[nH]c2c1)C(F)F. The Labute approximate surface area is 77.7 Å². The van der Waals surface area contributed by atoms with Crippen LogP contribution < -0.4 is 0 Å². The lowest BCUT2D eigenvalue weighted by Crippen LogP contribution is -2.09. The van der Waals surface area contributed by atoms with Gasteiger partial charge in [0.05, 0.1) is 11.7 Å². The normalized spacial score (nSPS) is 11.1. The van der Waals surface area contributed by atoms with Gasteiger partial charge in [-0.3, -0.25) is 9.89 Å². The summed E-state index contributed by atoms with van der Waals surface area (Å²) < 4.78 is 24.1. The molecule has 3 nitrogen and oxygen atoms in total. The van der Waals surface area contributed by atoms with Crippen LogP contribution in [0.25, 0.3) is 10.9 Å². The Bertz CT molecular complexity index is 478. The van der Waals surface area contributed by atoms with Crippen LogP contribution in [0.1, 0.15) is 10.4 Å². The second-order valence-corrected chi connectivity index (χ2v) is 2.84. The molecule has 0 saturated carbocycles. The van der Waals surface area contributed by atoms with Crippen LogP contribution in [0.5, 0.6) is 0 Å². The molecule has 0 spiro atoms. The molecule has 0 amide bonds. The van der Waals surface area contributed by atoms with Crippen molar-refractivity contribution < 1.29 is 13.6 Å². The van der Waals surface area contributed by atoms with Gasteiger partial charge >= 0.3 is 6.43 Å². The highest BCUT2D eigenvalue weighted by Gasteiger charge is 2.17. The van der Waals surface area contributed by atoms with E-state index >= 15 is 0 Å². The molecule has 0 fully saturated rings. The topological polar surface area (TPSA) is 45.8 Å². The largest absolute Gasteiger partial charge is 0.300 e. The number of benzene rings is 1. The first-order valence-corrected chi connectivity index (χ1v) is 3.94. The Morgan fingerprint density at radius 2 is 2.21 bits per heavy atom. The second kappa shape index (κ2) is 3.17. The van der Waals surface area contributed by atoms with E-state index in [1.54, 1.807) is 12.3 Å². The quantitative estimate of drug-likeness (QED) is 0.746. The molecule has 1 heterocycles. The van der Waals surface area contributed by atoms with Crippen molar-refractivity contribution in [2.75, 3.05) is 0 Å². The number of halogens is 2. The second-order valence-electron chi connectivity index (χ2n) is 2.84. The number of hydrogen-bond donors (Lipinski definition) is 1. The zero-order valence-electron chi connectivity index (χ0n) is 7.00. The molecule has 0 aliphatic heterocycles. The Hall–Kier alpha value is -1.78. The molecule has 72 valence electrons. The van der Waals surface area contributed by atoms with Gasteiger partial charge in [0.15, 0.2) is 0 Å². The van der Waals surface area contributed by atoms with E-state index in [-0.39, 0.29) is 5.56 Å². The number of ketones is 1. The van der Waals surface area contributed by atoms with Gasteiger partial charge < -0.3 is 0 Å². The highest BCUT2D eigenvalue weighted by atomic mass is 19.3. The molecule has 1 N–H and O–H groups in total. The fourth-order valence-corrected chi connectivity index (χ4v) is 1.22. The minimum Gasteiger partial charge on any atom is -0.288 e. The van der Waals surface area contributed by atoms with E-state index in [9.17, 15) is 13.6 Å². The molecule has 0 saturated heterocycles. The Balaban J connectivity index is 2.48. The highest BCUT2D eigenvalue weighted by Crippen LogP contribution is 2.15. The van der Waals surface area contributed by atoms with Crippen molar-refractivity contribution in [2.24, 2.45) is 0 Å². The highest BCUT2D eigenvalue weighted by molar-refractivity contribution is 6.01. The number of nitrogens with zero attached hydrogens (tertiary/aromatic N) is 1. The molecule has 0 radical (unpaired) electrons. The average molecular weight is 196 g/mol. The lowest BCUT2D eigenvalue weighted by atomic mass is 10.1. The Kier molecular flexibility index (Phi) is 1.99. The van der Waals surface area contributed by atoms with E-state index in [2.05, 4.69) is 10.2 Å². The van der Waals surface area contributed by atoms with Crippen LogP contribution in [-0.2, 0) is 0 Å². The van der Waals surface area contributed by atoms with Crippen LogP contribution in [0.2, 0.25) is 0 Å². The molecule has 0 bridgehead atoms. The summed E-state index contributed by atoms with van der Waals surface area (Å²) in [4.78, 5) is 10.9. The summed E-state index contributed by atoms with van der Waals surface area (Å²) in [6.45, 7) is 0. The standard InChI is InChI=1S/C9H6F2N2O/c10-9(11)8(14)5-1-2-6-4-12-13-7(6)3-5/h1-4,9H,(H,12,13). The Morgan fingerprint density at radius 1 is 1.43 bits per heavy atom. The predicted molar refractivity (Wildman–Crippen MR) is 46.4 cm³/mol. The van der Waals surface area contributed by atoms with Gasteiger partial charge in [0, 0.05) is 10.9 Å². The van der Waals surface area contributed by atoms with Crippen molar-refractivity contribution in [3.63, 3.8) is 0 Å². The van der Waals surface area contributed by atoms with Crippen LogP contribution in [-0.4, -0.2) is 22.4 Å². The first-order chi connectivity index (χ1) is 6.68. The summed E-state index contributed by atoms with van der Waals surface area (Å²) in [7, 11) is 0. The molecule has 14 heavy (non-hydrogen) atoms. The molecule has 2 aromatic rings. The zero-order valence-corrected chi connectivity index (χ0v) is 7.00. The molecule has 5 heteroatoms. The van der Waals surface area contributed by atoms with Crippen molar-refractivity contribution in [1.82, 2.24) is 10.2 Å². The summed E-state index contributed by atoms with van der Waals surface area (Å²) in [5.74, 6) is -1.17. The number of alkyl halides is 2. The van der Waals surface area contributed by atoms with Crippen LogP contribution >= 0.6 is 0 Å². The van der Waals surface area contributed by atoms with Gasteiger partial charge in [0.2, 0.25) is 5.78 Å². The molecule has 0 aliphatic carbocycles. The van der Waals surface area contributed by atoms with Gasteiger partial charge in [-0.05, 0) is 6.07 Å². The number of rotatable bonds is 2. The molecule has 2 rings (SSSR count). The maximum absolute atomic E-state index is 12.1. The molecular weight excluding hydrogens is 190 g/mol. The van der Waals surface area contributed by atoms with E-state index in [0.717, 1.165) is 5.39 Å². The number of hydrogen-bond acceptors (Lipinski definition) is 2. The summed E-state index contributed by atoms with van der Waals surface area (Å²) in [6.07, 6.45) is -1.40. The number of carbonyl (C=O) groups is 1.